The third-order valence-corrected chi connectivity index (χ3v) is 6.32. The van der Waals surface area contributed by atoms with Crippen LogP contribution in [0.5, 0.6) is 5.88 Å². The molecule has 3 N–H and O–H groups in total. The summed E-state index contributed by atoms with van der Waals surface area (Å²) >= 11 is 4.73. The smallest absolute Gasteiger partial charge is 0.283 e. The van der Waals surface area contributed by atoms with E-state index < -0.39 is 21.5 Å². The summed E-state index contributed by atoms with van der Waals surface area (Å²) in [5.74, 6) is -0.493. The molecule has 0 amide bonds. The predicted octanol–water partition coefficient (Wildman–Crippen LogP) is 3.12. The van der Waals surface area contributed by atoms with Crippen LogP contribution in [0.2, 0.25) is 0 Å². The molecule has 9 nitrogen and oxygen atoms in total. The number of nitrogens with zero attached hydrogens (tertiary/aromatic N) is 3. The number of aromatic amines is 2. The van der Waals surface area contributed by atoms with E-state index in [9.17, 15) is 18.3 Å². The lowest BCUT2D eigenvalue weighted by molar-refractivity contribution is 0.424. The van der Waals surface area contributed by atoms with Gasteiger partial charge in [-0.05, 0) is 49.3 Å². The van der Waals surface area contributed by atoms with Gasteiger partial charge in [0.2, 0.25) is 21.6 Å². The van der Waals surface area contributed by atoms with E-state index in [-0.39, 0.29) is 15.4 Å². The second kappa shape index (κ2) is 8.11. The number of sulfonamides is 1. The van der Waals surface area contributed by atoms with Crippen LogP contribution in [0.3, 0.4) is 0 Å². The van der Waals surface area contributed by atoms with Crippen LogP contribution in [0.25, 0.3) is 0 Å². The first-order valence-corrected chi connectivity index (χ1v) is 10.3. The Morgan fingerprint density at radius 2 is 1.63 bits per heavy atom. The highest BCUT2D eigenvalue weighted by Gasteiger charge is 2.24. The van der Waals surface area contributed by atoms with Gasteiger partial charge in [0.15, 0.2) is 4.77 Å². The summed E-state index contributed by atoms with van der Waals surface area (Å²) in [5, 5.41) is 17.3. The average Bonchev–Trinajstić information content (AvgIpc) is 2.91. The standard InChI is InChI=1S/C16H19N5O4S2/c22-14-13(15(23)18-16(26)17-14)20-19-11-5-7-12(8-6-11)27(24,25)21-9-3-1-2-4-10-21/h5-8H,1-4,9-10H2,(H3,17,18,22,23,26). The molecule has 0 aliphatic carbocycles. The Labute approximate surface area is 160 Å². The van der Waals surface area contributed by atoms with Crippen molar-refractivity contribution in [2.75, 3.05) is 13.1 Å². The van der Waals surface area contributed by atoms with Crippen LogP contribution < -0.4 is 5.56 Å². The van der Waals surface area contributed by atoms with Crippen LogP contribution in [-0.4, -0.2) is 40.9 Å². The Morgan fingerprint density at radius 3 is 2.22 bits per heavy atom. The van der Waals surface area contributed by atoms with Gasteiger partial charge in [0.05, 0.1) is 10.6 Å². The van der Waals surface area contributed by atoms with E-state index in [1.165, 1.54) is 28.6 Å². The fourth-order valence-corrected chi connectivity index (χ4v) is 4.49. The maximum atomic E-state index is 12.7. The predicted molar refractivity (Wildman–Crippen MR) is 102 cm³/mol. The number of hydrogen-bond donors (Lipinski definition) is 3. The van der Waals surface area contributed by atoms with Crippen LogP contribution in [0.15, 0.2) is 44.2 Å². The zero-order valence-corrected chi connectivity index (χ0v) is 16.0. The molecule has 0 unspecified atom stereocenters. The van der Waals surface area contributed by atoms with E-state index in [0.29, 0.717) is 18.8 Å². The van der Waals surface area contributed by atoms with Gasteiger partial charge in [-0.2, -0.15) is 9.42 Å². The number of rotatable bonds is 4. The highest BCUT2D eigenvalue weighted by molar-refractivity contribution is 7.89. The molecule has 1 aromatic carbocycles. The summed E-state index contributed by atoms with van der Waals surface area (Å²) in [6, 6.07) is 5.89. The molecule has 1 aliphatic rings. The first-order valence-electron chi connectivity index (χ1n) is 8.45. The number of aromatic nitrogens is 2. The molecule has 27 heavy (non-hydrogen) atoms. The minimum absolute atomic E-state index is 0.0282. The molecule has 0 bridgehead atoms. The van der Waals surface area contributed by atoms with E-state index in [0.717, 1.165) is 25.7 Å². The van der Waals surface area contributed by atoms with E-state index >= 15 is 0 Å². The molecule has 2 heterocycles. The molecule has 1 fully saturated rings. The number of nitrogens with one attached hydrogen (secondary N) is 2. The molecule has 3 rings (SSSR count). The number of hydrogen-bond acceptors (Lipinski definition) is 7. The Morgan fingerprint density at radius 1 is 1.00 bits per heavy atom. The second-order valence-corrected chi connectivity index (χ2v) is 8.46. The zero-order chi connectivity index (χ0) is 19.4. The Bertz CT molecular complexity index is 1050. The average molecular weight is 409 g/mol. The summed E-state index contributed by atoms with van der Waals surface area (Å²) in [5.41, 5.74) is -0.656. The van der Waals surface area contributed by atoms with Gasteiger partial charge in [-0.15, -0.1) is 5.11 Å². The summed E-state index contributed by atoms with van der Waals surface area (Å²) in [7, 11) is -3.54. The Hall–Kier alpha value is -2.37. The molecule has 0 radical (unpaired) electrons. The van der Waals surface area contributed by atoms with Gasteiger partial charge in [-0.25, -0.2) is 8.42 Å². The summed E-state index contributed by atoms with van der Waals surface area (Å²) in [6.45, 7) is 1.06. The van der Waals surface area contributed by atoms with Gasteiger partial charge in [0.25, 0.3) is 5.56 Å². The Kier molecular flexibility index (Phi) is 5.82. The van der Waals surface area contributed by atoms with Crippen LogP contribution in [-0.2, 0) is 10.0 Å². The number of aromatic hydroxyl groups is 1. The van der Waals surface area contributed by atoms with Crippen molar-refractivity contribution < 1.29 is 13.5 Å². The second-order valence-electron chi connectivity index (χ2n) is 6.12. The Balaban J connectivity index is 1.81. The number of azo groups is 1. The topological polar surface area (TPSA) is 131 Å². The van der Waals surface area contributed by atoms with Crippen LogP contribution in [0, 0.1) is 4.77 Å². The molecule has 0 spiro atoms. The van der Waals surface area contributed by atoms with Gasteiger partial charge < -0.3 is 10.1 Å². The third kappa shape index (κ3) is 4.49. The summed E-state index contributed by atoms with van der Waals surface area (Å²) < 4.78 is 26.9. The fourth-order valence-electron chi connectivity index (χ4n) is 2.78. The molecule has 11 heteroatoms. The molecule has 1 saturated heterocycles. The van der Waals surface area contributed by atoms with Crippen molar-refractivity contribution in [1.82, 2.24) is 14.3 Å². The highest BCUT2D eigenvalue weighted by Crippen LogP contribution is 2.24. The van der Waals surface area contributed by atoms with Crippen molar-refractivity contribution >= 4 is 33.6 Å². The monoisotopic (exact) mass is 409 g/mol. The van der Waals surface area contributed by atoms with Crippen molar-refractivity contribution in [3.63, 3.8) is 0 Å². The molecule has 1 aliphatic heterocycles. The first kappa shape index (κ1) is 19.4. The van der Waals surface area contributed by atoms with Crippen molar-refractivity contribution in [1.29, 1.82) is 0 Å². The lowest BCUT2D eigenvalue weighted by Gasteiger charge is -2.19. The van der Waals surface area contributed by atoms with Gasteiger partial charge in [0, 0.05) is 13.1 Å². The quantitative estimate of drug-likeness (QED) is 0.527. The maximum absolute atomic E-state index is 12.7. The zero-order valence-electron chi connectivity index (χ0n) is 14.4. The first-order chi connectivity index (χ1) is 12.9. The molecule has 144 valence electrons. The lowest BCUT2D eigenvalue weighted by atomic mass is 10.2. The van der Waals surface area contributed by atoms with Crippen LogP contribution in [0.1, 0.15) is 25.7 Å². The summed E-state index contributed by atoms with van der Waals surface area (Å²) in [6.07, 6.45) is 3.82. The van der Waals surface area contributed by atoms with Crippen LogP contribution >= 0.6 is 12.2 Å². The van der Waals surface area contributed by atoms with Crippen molar-refractivity contribution in [2.45, 2.75) is 30.6 Å². The molecule has 0 atom stereocenters. The molecule has 1 aromatic heterocycles. The van der Waals surface area contributed by atoms with Gasteiger partial charge in [-0.3, -0.25) is 9.78 Å². The van der Waals surface area contributed by atoms with Gasteiger partial charge in [0.1, 0.15) is 0 Å². The van der Waals surface area contributed by atoms with Crippen molar-refractivity contribution in [3.05, 3.63) is 39.4 Å². The minimum Gasteiger partial charge on any atom is -0.493 e. The lowest BCUT2D eigenvalue weighted by Crippen LogP contribution is -2.31. The fraction of sp³-hybridized carbons (Fsp3) is 0.375. The highest BCUT2D eigenvalue weighted by atomic mass is 32.2. The van der Waals surface area contributed by atoms with E-state index in [1.807, 2.05) is 0 Å². The largest absolute Gasteiger partial charge is 0.493 e. The van der Waals surface area contributed by atoms with Crippen molar-refractivity contribution in [3.8, 4) is 5.88 Å². The molecule has 2 aromatic rings. The van der Waals surface area contributed by atoms with E-state index in [2.05, 4.69) is 20.2 Å². The third-order valence-electron chi connectivity index (χ3n) is 4.20. The number of benzene rings is 1. The van der Waals surface area contributed by atoms with Gasteiger partial charge >= 0.3 is 0 Å². The number of H-pyrrole nitrogens is 2. The maximum Gasteiger partial charge on any atom is 0.283 e. The molecular formula is C16H19N5O4S2. The van der Waals surface area contributed by atoms with Crippen molar-refractivity contribution in [2.24, 2.45) is 10.2 Å². The minimum atomic E-state index is -3.54. The SMILES string of the molecule is O=c1[nH]c(=S)[nH]c(O)c1N=Nc1ccc(S(=O)(=O)N2CCCCCC2)cc1. The molecular weight excluding hydrogens is 390 g/mol. The molecule has 0 saturated carbocycles. The van der Waals surface area contributed by atoms with E-state index in [1.54, 1.807) is 0 Å². The van der Waals surface area contributed by atoms with Crippen LogP contribution in [0.4, 0.5) is 11.4 Å². The summed E-state index contributed by atoms with van der Waals surface area (Å²) in [4.78, 5) is 16.6. The van der Waals surface area contributed by atoms with E-state index in [4.69, 9.17) is 12.2 Å². The van der Waals surface area contributed by atoms with Gasteiger partial charge in [-0.1, -0.05) is 12.8 Å². The normalized spacial score (nSPS) is 16.4.